The van der Waals surface area contributed by atoms with Crippen LogP contribution in [0.4, 0.5) is 24.5 Å². The van der Waals surface area contributed by atoms with E-state index in [2.05, 4.69) is 4.40 Å². The van der Waals surface area contributed by atoms with E-state index >= 15 is 0 Å². The van der Waals surface area contributed by atoms with Gasteiger partial charge in [-0.05, 0) is 6.07 Å². The molecule has 0 spiro atoms. The van der Waals surface area contributed by atoms with Crippen molar-refractivity contribution < 1.29 is 18.1 Å². The quantitative estimate of drug-likeness (QED) is 0.473. The van der Waals surface area contributed by atoms with Crippen molar-refractivity contribution in [1.82, 2.24) is 0 Å². The van der Waals surface area contributed by atoms with Gasteiger partial charge in [0.05, 0.1) is 15.5 Å². The van der Waals surface area contributed by atoms with Gasteiger partial charge in [-0.3, -0.25) is 10.1 Å². The van der Waals surface area contributed by atoms with Crippen LogP contribution in [-0.2, 0) is 0 Å². The minimum absolute atomic E-state index is 0.176. The molecule has 96 valence electrons. The van der Waals surface area contributed by atoms with E-state index in [1.54, 1.807) is 0 Å². The van der Waals surface area contributed by atoms with Gasteiger partial charge in [0.15, 0.2) is 0 Å². The third-order valence-corrected chi connectivity index (χ3v) is 2.87. The van der Waals surface area contributed by atoms with E-state index in [4.69, 9.17) is 0 Å². The molecule has 1 heterocycles. The lowest BCUT2D eigenvalue weighted by molar-refractivity contribution is -0.385. The summed E-state index contributed by atoms with van der Waals surface area (Å²) in [4.78, 5) is 11.2. The summed E-state index contributed by atoms with van der Waals surface area (Å²) in [5.74, 6) is 0. The van der Waals surface area contributed by atoms with Crippen LogP contribution in [0.1, 0.15) is 0 Å². The van der Waals surface area contributed by atoms with Crippen LogP contribution in [0.3, 0.4) is 0 Å². The van der Waals surface area contributed by atoms with Crippen molar-refractivity contribution in [2.75, 3.05) is 11.4 Å². The molecule has 0 aromatic heterocycles. The van der Waals surface area contributed by atoms with Crippen LogP contribution >= 0.6 is 11.9 Å². The van der Waals surface area contributed by atoms with Crippen molar-refractivity contribution in [3.05, 3.63) is 28.3 Å². The standard InChI is InChI=1S/C9H6F3N3O2S/c10-9(11,12)4-14-5-13-18-8-3-6(15(16)17)1-2-7(8)14/h1-3,5H,4H2. The highest BCUT2D eigenvalue weighted by molar-refractivity contribution is 7.98. The molecule has 0 amide bonds. The van der Waals surface area contributed by atoms with Crippen molar-refractivity contribution in [3.8, 4) is 0 Å². The number of rotatable bonds is 2. The van der Waals surface area contributed by atoms with Crippen molar-refractivity contribution in [2.24, 2.45) is 4.40 Å². The third kappa shape index (κ3) is 2.73. The molecule has 1 aromatic rings. The minimum Gasteiger partial charge on any atom is -0.322 e. The summed E-state index contributed by atoms with van der Waals surface area (Å²) < 4.78 is 40.6. The van der Waals surface area contributed by atoms with Gasteiger partial charge in [-0.1, -0.05) is 0 Å². The lowest BCUT2D eigenvalue weighted by atomic mass is 10.2. The molecule has 18 heavy (non-hydrogen) atoms. The molecule has 0 unspecified atom stereocenters. The maximum atomic E-state index is 12.3. The summed E-state index contributed by atoms with van der Waals surface area (Å²) >= 11 is 0.906. The van der Waals surface area contributed by atoms with Crippen LogP contribution in [0.2, 0.25) is 0 Å². The Balaban J connectivity index is 2.33. The molecule has 0 saturated heterocycles. The average molecular weight is 277 g/mol. The molecule has 5 nitrogen and oxygen atoms in total. The van der Waals surface area contributed by atoms with Gasteiger partial charge in [0, 0.05) is 24.1 Å². The fraction of sp³-hybridized carbons (Fsp3) is 0.222. The highest BCUT2D eigenvalue weighted by atomic mass is 32.2. The first-order chi connectivity index (χ1) is 8.37. The Hall–Kier alpha value is -1.77. The Morgan fingerprint density at radius 1 is 1.44 bits per heavy atom. The van der Waals surface area contributed by atoms with Crippen LogP contribution < -0.4 is 4.90 Å². The van der Waals surface area contributed by atoms with E-state index in [1.807, 2.05) is 0 Å². The van der Waals surface area contributed by atoms with Gasteiger partial charge in [-0.2, -0.15) is 13.2 Å². The molecule has 1 aromatic carbocycles. The molecular formula is C9H6F3N3O2S. The second-order valence-corrected chi connectivity index (χ2v) is 4.30. The smallest absolute Gasteiger partial charge is 0.322 e. The Labute approximate surface area is 104 Å². The molecular weight excluding hydrogens is 271 g/mol. The molecule has 0 N–H and O–H groups in total. The molecule has 0 saturated carbocycles. The summed E-state index contributed by atoms with van der Waals surface area (Å²) in [6.45, 7) is -1.18. The maximum absolute atomic E-state index is 12.3. The van der Waals surface area contributed by atoms with E-state index in [1.165, 1.54) is 18.2 Å². The number of nitro benzene ring substituents is 1. The molecule has 2 rings (SSSR count). The molecule has 0 aliphatic carbocycles. The number of alkyl halides is 3. The fourth-order valence-electron chi connectivity index (χ4n) is 1.45. The number of halogens is 3. The van der Waals surface area contributed by atoms with E-state index in [9.17, 15) is 23.3 Å². The van der Waals surface area contributed by atoms with Gasteiger partial charge in [-0.15, -0.1) is 0 Å². The highest BCUT2D eigenvalue weighted by Crippen LogP contribution is 2.37. The summed E-state index contributed by atoms with van der Waals surface area (Å²) in [6.07, 6.45) is -3.31. The van der Waals surface area contributed by atoms with Crippen LogP contribution in [0.15, 0.2) is 27.5 Å². The summed E-state index contributed by atoms with van der Waals surface area (Å²) in [5.41, 5.74) is 0.0863. The zero-order valence-corrected chi connectivity index (χ0v) is 9.53. The number of benzene rings is 1. The summed E-state index contributed by atoms with van der Waals surface area (Å²) in [5, 5.41) is 10.6. The van der Waals surface area contributed by atoms with Gasteiger partial charge in [0.2, 0.25) is 0 Å². The number of non-ortho nitro benzene ring substituents is 1. The summed E-state index contributed by atoms with van der Waals surface area (Å²) in [7, 11) is 0. The van der Waals surface area contributed by atoms with E-state index in [0.717, 1.165) is 23.2 Å². The van der Waals surface area contributed by atoms with E-state index in [-0.39, 0.29) is 11.4 Å². The first-order valence-electron chi connectivity index (χ1n) is 4.69. The number of anilines is 1. The number of nitrogens with zero attached hydrogens (tertiary/aromatic N) is 3. The predicted molar refractivity (Wildman–Crippen MR) is 60.8 cm³/mol. The second kappa shape index (κ2) is 4.48. The lowest BCUT2D eigenvalue weighted by Crippen LogP contribution is -2.34. The molecule has 1 aliphatic rings. The topological polar surface area (TPSA) is 58.7 Å². The summed E-state index contributed by atoms with van der Waals surface area (Å²) in [6, 6.07) is 3.67. The van der Waals surface area contributed by atoms with Crippen molar-refractivity contribution >= 4 is 29.7 Å². The number of hydrogen-bond acceptors (Lipinski definition) is 5. The highest BCUT2D eigenvalue weighted by Gasteiger charge is 2.32. The van der Waals surface area contributed by atoms with E-state index < -0.39 is 17.6 Å². The normalized spacial score (nSPS) is 14.5. The van der Waals surface area contributed by atoms with Crippen LogP contribution in [0.5, 0.6) is 0 Å². The zero-order valence-electron chi connectivity index (χ0n) is 8.72. The predicted octanol–water partition coefficient (Wildman–Crippen LogP) is 3.01. The minimum atomic E-state index is -4.37. The molecule has 0 bridgehead atoms. The first kappa shape index (κ1) is 12.7. The number of hydrogen-bond donors (Lipinski definition) is 0. The maximum Gasteiger partial charge on any atom is 0.406 e. The van der Waals surface area contributed by atoms with Crippen molar-refractivity contribution in [1.29, 1.82) is 0 Å². The molecule has 0 radical (unpaired) electrons. The van der Waals surface area contributed by atoms with Crippen LogP contribution in [-0.4, -0.2) is 24.0 Å². The van der Waals surface area contributed by atoms with Crippen LogP contribution in [0, 0.1) is 10.1 Å². The van der Waals surface area contributed by atoms with Crippen molar-refractivity contribution in [2.45, 2.75) is 11.1 Å². The SMILES string of the molecule is O=[N+]([O-])c1ccc2c(c1)SN=CN2CC(F)(F)F. The fourth-order valence-corrected chi connectivity index (χ4v) is 2.17. The van der Waals surface area contributed by atoms with Gasteiger partial charge in [0.25, 0.3) is 5.69 Å². The Bertz CT molecular complexity index is 518. The van der Waals surface area contributed by atoms with E-state index in [0.29, 0.717) is 4.90 Å². The third-order valence-electron chi connectivity index (χ3n) is 2.15. The van der Waals surface area contributed by atoms with Crippen molar-refractivity contribution in [3.63, 3.8) is 0 Å². The van der Waals surface area contributed by atoms with Gasteiger partial charge in [-0.25, -0.2) is 4.40 Å². The molecule has 9 heteroatoms. The van der Waals surface area contributed by atoms with Crippen LogP contribution in [0.25, 0.3) is 0 Å². The second-order valence-electron chi connectivity index (χ2n) is 3.46. The van der Waals surface area contributed by atoms with Gasteiger partial charge in [0.1, 0.15) is 12.9 Å². The van der Waals surface area contributed by atoms with Gasteiger partial charge < -0.3 is 4.90 Å². The Morgan fingerprint density at radius 3 is 2.78 bits per heavy atom. The zero-order chi connectivity index (χ0) is 13.3. The molecule has 0 fully saturated rings. The first-order valence-corrected chi connectivity index (χ1v) is 5.46. The Kier molecular flexibility index (Phi) is 3.16. The van der Waals surface area contributed by atoms with Gasteiger partial charge >= 0.3 is 6.18 Å². The lowest BCUT2D eigenvalue weighted by Gasteiger charge is -2.25. The number of nitro groups is 1. The number of fused-ring (bicyclic) bond motifs is 1. The largest absolute Gasteiger partial charge is 0.406 e. The molecule has 1 aliphatic heterocycles. The Morgan fingerprint density at radius 2 is 2.17 bits per heavy atom. The average Bonchev–Trinajstić information content (AvgIpc) is 2.26. The monoisotopic (exact) mass is 277 g/mol. The molecule has 0 atom stereocenters.